The summed E-state index contributed by atoms with van der Waals surface area (Å²) < 4.78 is 36.8. The number of nitrogens with zero attached hydrogens (tertiary/aromatic N) is 2. The summed E-state index contributed by atoms with van der Waals surface area (Å²) in [6, 6.07) is 0. The van der Waals surface area contributed by atoms with Crippen molar-refractivity contribution in [3.63, 3.8) is 0 Å². The zero-order chi connectivity index (χ0) is 52.4. The average molecular weight is 1050 g/mol. The second-order valence-electron chi connectivity index (χ2n) is 19.9. The van der Waals surface area contributed by atoms with Crippen molar-refractivity contribution in [3.05, 3.63) is 24.3 Å². The van der Waals surface area contributed by atoms with Crippen molar-refractivity contribution in [2.24, 2.45) is 0 Å². The summed E-state index contributed by atoms with van der Waals surface area (Å²) in [5.41, 5.74) is 0. The summed E-state index contributed by atoms with van der Waals surface area (Å²) in [6.45, 7) is 16.1. The first-order valence-corrected chi connectivity index (χ1v) is 30.2. The van der Waals surface area contributed by atoms with Crippen molar-refractivity contribution in [1.82, 2.24) is 20.4 Å². The summed E-state index contributed by atoms with van der Waals surface area (Å²) in [7, 11) is 2.11. The Morgan fingerprint density at radius 1 is 0.556 bits per heavy atom. The van der Waals surface area contributed by atoms with Crippen molar-refractivity contribution < 1.29 is 38.0 Å². The molecule has 0 aromatic rings. The summed E-state index contributed by atoms with van der Waals surface area (Å²) in [6.07, 6.45) is 39.1. The molecule has 2 atom stereocenters. The molecule has 0 spiro atoms. The lowest BCUT2D eigenvalue weighted by Crippen LogP contribution is -2.46. The van der Waals surface area contributed by atoms with E-state index in [-0.39, 0.29) is 36.0 Å². The smallest absolute Gasteiger partial charge is 0.306 e. The highest BCUT2D eigenvalue weighted by Crippen LogP contribution is 2.16. The van der Waals surface area contributed by atoms with Gasteiger partial charge in [-0.15, -0.1) is 0 Å². The Bertz CT molecular complexity index is 1340. The van der Waals surface area contributed by atoms with Crippen LogP contribution in [0.3, 0.4) is 0 Å². The monoisotopic (exact) mass is 1050 g/mol. The lowest BCUT2D eigenvalue weighted by Gasteiger charge is -2.28. The number of ether oxygens (including phenoxy) is 6. The Morgan fingerprint density at radius 3 is 1.58 bits per heavy atom. The van der Waals surface area contributed by atoms with Gasteiger partial charge in [0.05, 0.1) is 6.42 Å². The van der Waals surface area contributed by atoms with Crippen LogP contribution in [-0.4, -0.2) is 130 Å². The number of carbonyl (C=O) groups excluding carboxylic acids is 2. The Labute approximate surface area is 451 Å². The van der Waals surface area contributed by atoms with Crippen molar-refractivity contribution >= 4 is 46.7 Å². The second-order valence-corrected chi connectivity index (χ2v) is 20.6. The lowest BCUT2D eigenvalue weighted by molar-refractivity contribution is -0.163. The van der Waals surface area contributed by atoms with Gasteiger partial charge in [-0.3, -0.25) is 9.59 Å². The maximum Gasteiger partial charge on any atom is 0.306 e. The minimum atomic E-state index is -0.923. The van der Waals surface area contributed by atoms with E-state index in [1.807, 2.05) is 0 Å². The van der Waals surface area contributed by atoms with E-state index in [1.54, 1.807) is 0 Å². The molecule has 1 rings (SSSR count). The summed E-state index contributed by atoms with van der Waals surface area (Å²) in [4.78, 5) is 31.5. The number of hydrogen-bond donors (Lipinski definition) is 2. The van der Waals surface area contributed by atoms with Crippen molar-refractivity contribution in [1.29, 1.82) is 0 Å². The Balaban J connectivity index is 2.97. The Kier molecular flexibility index (Phi) is 47.7. The molecule has 0 aromatic carbocycles. The number of nitrogens with one attached hydrogen (secondary N) is 2. The molecular formula is C58H108N4O8S2. The molecule has 14 heteroatoms. The molecule has 0 bridgehead atoms. The van der Waals surface area contributed by atoms with Gasteiger partial charge in [-0.05, 0) is 148 Å². The molecule has 1 aliphatic heterocycles. The third kappa shape index (κ3) is 42.9. The maximum atomic E-state index is 13.5. The van der Waals surface area contributed by atoms with Gasteiger partial charge in [0.25, 0.3) is 10.3 Å². The van der Waals surface area contributed by atoms with E-state index in [9.17, 15) is 9.59 Å². The fourth-order valence-corrected chi connectivity index (χ4v) is 9.00. The third-order valence-electron chi connectivity index (χ3n) is 13.0. The zero-order valence-corrected chi connectivity index (χ0v) is 48.3. The fraction of sp³-hybridized carbons (Fsp3) is 0.862. The van der Waals surface area contributed by atoms with Crippen molar-refractivity contribution in [3.8, 4) is 0 Å². The number of carbonyl (C=O) groups is 2. The van der Waals surface area contributed by atoms with E-state index in [0.717, 1.165) is 123 Å². The standard InChI is InChI=1S/C58H108N4O8S2/c1-6-10-13-16-19-20-21-22-23-24-25-26-27-28-31-38-54(63)67-50-52(69-58(72)60-42-37-47-62-45-32-33-46-62)53(70-57(71)59-41-36-44-61(5)43-9-4)51-68-55(64)39-40-56(65-48-34-29-17-14-11-7-2)66-49-35-30-18-15-12-8-3/h19-20,22-23,52-53,56H,6-18,21,24-51H2,1-5H3,(H,59,71)(H,60,72)/b20-19-,23-22-. The topological polar surface area (TPSA) is 120 Å². The third-order valence-corrected chi connectivity index (χ3v) is 13.5. The van der Waals surface area contributed by atoms with E-state index in [4.69, 9.17) is 52.9 Å². The maximum absolute atomic E-state index is 13.5. The van der Waals surface area contributed by atoms with Gasteiger partial charge < -0.3 is 48.9 Å². The number of likely N-dealkylation sites (tertiary alicyclic amines) is 1. The van der Waals surface area contributed by atoms with Crippen LogP contribution in [0.1, 0.15) is 227 Å². The van der Waals surface area contributed by atoms with Gasteiger partial charge >= 0.3 is 11.9 Å². The molecule has 2 N–H and O–H groups in total. The highest BCUT2D eigenvalue weighted by Gasteiger charge is 2.31. The Hall–Kier alpha value is -2.36. The van der Waals surface area contributed by atoms with Crippen LogP contribution in [0.5, 0.6) is 0 Å². The summed E-state index contributed by atoms with van der Waals surface area (Å²) in [5, 5.41) is 6.76. The van der Waals surface area contributed by atoms with Crippen LogP contribution in [0.15, 0.2) is 24.3 Å². The zero-order valence-electron chi connectivity index (χ0n) is 46.7. The highest BCUT2D eigenvalue weighted by atomic mass is 32.1. The first-order valence-electron chi connectivity index (χ1n) is 29.4. The molecule has 2 unspecified atom stereocenters. The number of unbranched alkanes of at least 4 members (excludes halogenated alkanes) is 18. The first-order chi connectivity index (χ1) is 35.2. The van der Waals surface area contributed by atoms with Gasteiger partial charge in [0, 0.05) is 39.1 Å². The number of rotatable bonds is 50. The predicted molar refractivity (Wildman–Crippen MR) is 307 cm³/mol. The summed E-state index contributed by atoms with van der Waals surface area (Å²) >= 11 is 11.4. The van der Waals surface area contributed by atoms with Gasteiger partial charge in [0.2, 0.25) is 0 Å². The molecule has 1 saturated heterocycles. The molecule has 12 nitrogen and oxygen atoms in total. The van der Waals surface area contributed by atoms with Crippen molar-refractivity contribution in [2.45, 2.75) is 245 Å². The molecule has 0 saturated carbocycles. The molecular weight excluding hydrogens is 945 g/mol. The normalized spacial score (nSPS) is 13.9. The SMILES string of the molecule is CCCCC/C=C\C/C=C\CCCCCCCC(=O)OCC(OC(=S)NCCCN1CCCC1)C(COC(=O)CCC(OCCCCCCCC)OCCCCCCCC)OC(=S)NCCCN(C)CCC. The quantitative estimate of drug-likeness (QED) is 0.0198. The van der Waals surface area contributed by atoms with Crippen LogP contribution in [0.25, 0.3) is 0 Å². The number of hydrogen-bond acceptors (Lipinski definition) is 12. The van der Waals surface area contributed by atoms with Crippen LogP contribution < -0.4 is 10.6 Å². The van der Waals surface area contributed by atoms with Crippen LogP contribution >= 0.6 is 24.4 Å². The molecule has 72 heavy (non-hydrogen) atoms. The number of allylic oxidation sites excluding steroid dienone is 4. The minimum absolute atomic E-state index is 0.101. The molecule has 1 aliphatic rings. The largest absolute Gasteiger partial charge is 0.462 e. The molecule has 1 fully saturated rings. The van der Waals surface area contributed by atoms with Gasteiger partial charge in [-0.25, -0.2) is 0 Å². The molecule has 0 amide bonds. The van der Waals surface area contributed by atoms with Gasteiger partial charge in [0.1, 0.15) is 13.2 Å². The van der Waals surface area contributed by atoms with E-state index >= 15 is 0 Å². The van der Waals surface area contributed by atoms with E-state index < -0.39 is 24.5 Å². The highest BCUT2D eigenvalue weighted by molar-refractivity contribution is 7.80. The van der Waals surface area contributed by atoms with Gasteiger partial charge in [0.15, 0.2) is 18.5 Å². The second kappa shape index (κ2) is 50.8. The summed E-state index contributed by atoms with van der Waals surface area (Å²) in [5.74, 6) is -0.739. The van der Waals surface area contributed by atoms with Crippen LogP contribution in [0.2, 0.25) is 0 Å². The Morgan fingerprint density at radius 2 is 1.03 bits per heavy atom. The van der Waals surface area contributed by atoms with Crippen LogP contribution in [-0.2, 0) is 38.0 Å². The molecule has 0 aliphatic carbocycles. The minimum Gasteiger partial charge on any atom is -0.462 e. The van der Waals surface area contributed by atoms with E-state index in [2.05, 4.69) is 79.5 Å². The molecule has 420 valence electrons. The van der Waals surface area contributed by atoms with Gasteiger partial charge in [-0.1, -0.05) is 148 Å². The number of esters is 2. The van der Waals surface area contributed by atoms with Gasteiger partial charge in [-0.2, -0.15) is 0 Å². The fourth-order valence-electron chi connectivity index (χ4n) is 8.55. The van der Waals surface area contributed by atoms with Crippen LogP contribution in [0, 0.1) is 0 Å². The lowest BCUT2D eigenvalue weighted by atomic mass is 10.1. The van der Waals surface area contributed by atoms with Crippen molar-refractivity contribution in [2.75, 3.05) is 79.3 Å². The van der Waals surface area contributed by atoms with Crippen LogP contribution in [0.4, 0.5) is 0 Å². The van der Waals surface area contributed by atoms with E-state index in [1.165, 1.54) is 89.9 Å². The molecule has 1 heterocycles. The first kappa shape index (κ1) is 67.7. The van der Waals surface area contributed by atoms with E-state index in [0.29, 0.717) is 39.1 Å². The average Bonchev–Trinajstić information content (AvgIpc) is 3.90. The molecule has 0 aromatic heterocycles. The molecule has 0 radical (unpaired) electrons. The number of thiocarbonyl (C=S) groups is 2. The predicted octanol–water partition coefficient (Wildman–Crippen LogP) is 13.5.